The molecule has 0 saturated heterocycles. The lowest BCUT2D eigenvalue weighted by atomic mass is 10.2. The lowest BCUT2D eigenvalue weighted by molar-refractivity contribution is 0.174. The van der Waals surface area contributed by atoms with Crippen LogP contribution in [0.4, 0.5) is 5.69 Å². The van der Waals surface area contributed by atoms with Gasteiger partial charge >= 0.3 is 0 Å². The Labute approximate surface area is 111 Å². The molecule has 94 valence electrons. The van der Waals surface area contributed by atoms with Crippen molar-refractivity contribution >= 4 is 29.1 Å². The minimum absolute atomic E-state index is 0.280. The maximum atomic E-state index is 6.14. The van der Waals surface area contributed by atoms with Crippen LogP contribution >= 0.6 is 23.4 Å². The number of ether oxygens (including phenoxy) is 2. The second-order valence-electron chi connectivity index (χ2n) is 3.66. The highest BCUT2D eigenvalue weighted by molar-refractivity contribution is 7.99. The van der Waals surface area contributed by atoms with Gasteiger partial charge in [-0.2, -0.15) is 11.8 Å². The summed E-state index contributed by atoms with van der Waals surface area (Å²) >= 11 is 8.09. The fourth-order valence-electron chi connectivity index (χ4n) is 1.59. The fraction of sp³-hybridized carbons (Fsp3) is 0.500. The first-order valence-electron chi connectivity index (χ1n) is 5.72. The molecule has 0 radical (unpaired) electrons. The normalized spacial score (nSPS) is 12.8. The average molecular weight is 274 g/mol. The second-order valence-corrected chi connectivity index (χ2v) is 5.46. The summed E-state index contributed by atoms with van der Waals surface area (Å²) in [5.41, 5.74) is 0.914. The molecule has 0 spiro atoms. The van der Waals surface area contributed by atoms with E-state index in [0.29, 0.717) is 5.02 Å². The summed E-state index contributed by atoms with van der Waals surface area (Å²) in [7, 11) is 0. The molecular formula is C12H16ClNO2S. The van der Waals surface area contributed by atoms with Crippen LogP contribution in [0.5, 0.6) is 11.5 Å². The molecule has 5 heteroatoms. The predicted molar refractivity (Wildman–Crippen MR) is 73.7 cm³/mol. The van der Waals surface area contributed by atoms with E-state index in [1.54, 1.807) is 6.07 Å². The summed E-state index contributed by atoms with van der Waals surface area (Å²) in [4.78, 5) is 0. The van der Waals surface area contributed by atoms with E-state index in [-0.39, 0.29) is 6.79 Å². The minimum atomic E-state index is 0.280. The van der Waals surface area contributed by atoms with Gasteiger partial charge in [0, 0.05) is 18.7 Å². The first-order chi connectivity index (χ1) is 8.31. The molecule has 1 aromatic carbocycles. The Balaban J connectivity index is 1.88. The quantitative estimate of drug-likeness (QED) is 0.802. The highest BCUT2D eigenvalue weighted by Crippen LogP contribution is 2.39. The number of rotatable bonds is 6. The minimum Gasteiger partial charge on any atom is -0.454 e. The molecule has 0 fully saturated rings. The summed E-state index contributed by atoms with van der Waals surface area (Å²) in [6.45, 7) is 3.38. The number of anilines is 1. The van der Waals surface area contributed by atoms with E-state index in [1.165, 1.54) is 11.5 Å². The van der Waals surface area contributed by atoms with Crippen molar-refractivity contribution in [3.8, 4) is 11.5 Å². The Bertz CT molecular complexity index is 387. The Kier molecular flexibility index (Phi) is 4.68. The highest BCUT2D eigenvalue weighted by atomic mass is 35.5. The summed E-state index contributed by atoms with van der Waals surface area (Å²) in [5.74, 6) is 3.83. The number of fused-ring (bicyclic) bond motifs is 1. The summed E-state index contributed by atoms with van der Waals surface area (Å²) in [5, 5.41) is 4.00. The third-order valence-corrected chi connectivity index (χ3v) is 3.75. The van der Waals surface area contributed by atoms with Crippen molar-refractivity contribution < 1.29 is 9.47 Å². The van der Waals surface area contributed by atoms with Crippen LogP contribution in [0.25, 0.3) is 0 Å². The van der Waals surface area contributed by atoms with Gasteiger partial charge in [0.15, 0.2) is 11.5 Å². The van der Waals surface area contributed by atoms with E-state index in [4.69, 9.17) is 21.1 Å². The molecule has 2 rings (SSSR count). The van der Waals surface area contributed by atoms with Gasteiger partial charge < -0.3 is 14.8 Å². The topological polar surface area (TPSA) is 30.5 Å². The Morgan fingerprint density at radius 1 is 1.35 bits per heavy atom. The molecule has 0 bridgehead atoms. The van der Waals surface area contributed by atoms with Crippen molar-refractivity contribution in [3.63, 3.8) is 0 Å². The van der Waals surface area contributed by atoms with Gasteiger partial charge in [0.05, 0.1) is 10.7 Å². The lowest BCUT2D eigenvalue weighted by Crippen LogP contribution is -2.03. The molecule has 17 heavy (non-hydrogen) atoms. The van der Waals surface area contributed by atoms with E-state index in [9.17, 15) is 0 Å². The number of benzene rings is 1. The van der Waals surface area contributed by atoms with E-state index in [0.717, 1.165) is 30.2 Å². The molecule has 1 N–H and O–H groups in total. The van der Waals surface area contributed by atoms with Gasteiger partial charge in [-0.25, -0.2) is 0 Å². The lowest BCUT2D eigenvalue weighted by Gasteiger charge is -2.09. The van der Waals surface area contributed by atoms with Gasteiger partial charge in [0.1, 0.15) is 0 Å². The highest BCUT2D eigenvalue weighted by Gasteiger charge is 2.16. The number of hydrogen-bond acceptors (Lipinski definition) is 4. The molecule has 0 aliphatic carbocycles. The van der Waals surface area contributed by atoms with Crippen LogP contribution in [0.15, 0.2) is 12.1 Å². The van der Waals surface area contributed by atoms with E-state index < -0.39 is 0 Å². The number of nitrogens with one attached hydrogen (secondary N) is 1. The molecule has 0 unspecified atom stereocenters. The van der Waals surface area contributed by atoms with Gasteiger partial charge in [-0.15, -0.1) is 0 Å². The SMILES string of the molecule is CCSCCCNc1cc2c(cc1Cl)OCO2. The molecule has 0 aromatic heterocycles. The number of thioether (sulfide) groups is 1. The summed E-state index contributed by atoms with van der Waals surface area (Å²) in [6.07, 6.45) is 1.13. The third kappa shape index (κ3) is 3.36. The first kappa shape index (κ1) is 12.7. The molecule has 1 aromatic rings. The molecule has 0 saturated carbocycles. The molecular weight excluding hydrogens is 258 g/mol. The zero-order valence-electron chi connectivity index (χ0n) is 9.79. The zero-order chi connectivity index (χ0) is 12.1. The maximum Gasteiger partial charge on any atom is 0.231 e. The van der Waals surface area contributed by atoms with E-state index >= 15 is 0 Å². The Morgan fingerprint density at radius 2 is 2.12 bits per heavy atom. The van der Waals surface area contributed by atoms with Gasteiger partial charge in [-0.05, 0) is 17.9 Å². The fourth-order valence-corrected chi connectivity index (χ4v) is 2.45. The molecule has 1 heterocycles. The van der Waals surface area contributed by atoms with Crippen molar-refractivity contribution in [3.05, 3.63) is 17.2 Å². The van der Waals surface area contributed by atoms with E-state index in [2.05, 4.69) is 12.2 Å². The molecule has 1 aliphatic heterocycles. The monoisotopic (exact) mass is 273 g/mol. The van der Waals surface area contributed by atoms with Crippen molar-refractivity contribution in [1.29, 1.82) is 0 Å². The van der Waals surface area contributed by atoms with Crippen LogP contribution < -0.4 is 14.8 Å². The van der Waals surface area contributed by atoms with Crippen LogP contribution in [-0.2, 0) is 0 Å². The van der Waals surface area contributed by atoms with E-state index in [1.807, 2.05) is 17.8 Å². The molecule has 1 aliphatic rings. The molecule has 0 atom stereocenters. The number of halogens is 1. The van der Waals surface area contributed by atoms with Gasteiger partial charge in [-0.1, -0.05) is 18.5 Å². The summed E-state index contributed by atoms with van der Waals surface area (Å²) in [6, 6.07) is 3.70. The zero-order valence-corrected chi connectivity index (χ0v) is 11.4. The third-order valence-electron chi connectivity index (χ3n) is 2.45. The Hall–Kier alpha value is -0.740. The van der Waals surface area contributed by atoms with Crippen LogP contribution in [0.1, 0.15) is 13.3 Å². The second kappa shape index (κ2) is 6.26. The largest absolute Gasteiger partial charge is 0.454 e. The van der Waals surface area contributed by atoms with Crippen LogP contribution in [0.2, 0.25) is 5.02 Å². The van der Waals surface area contributed by atoms with Crippen LogP contribution in [-0.4, -0.2) is 24.8 Å². The standard InChI is InChI=1S/C12H16ClNO2S/c1-2-17-5-3-4-14-10-7-12-11(6-9(10)13)15-8-16-12/h6-7,14H,2-5,8H2,1H3. The van der Waals surface area contributed by atoms with Crippen molar-refractivity contribution in [2.24, 2.45) is 0 Å². The van der Waals surface area contributed by atoms with Crippen LogP contribution in [0, 0.1) is 0 Å². The molecule has 3 nitrogen and oxygen atoms in total. The van der Waals surface area contributed by atoms with Crippen LogP contribution in [0.3, 0.4) is 0 Å². The maximum absolute atomic E-state index is 6.14. The van der Waals surface area contributed by atoms with Crippen molar-refractivity contribution in [1.82, 2.24) is 0 Å². The van der Waals surface area contributed by atoms with Gasteiger partial charge in [0.2, 0.25) is 6.79 Å². The predicted octanol–water partition coefficient (Wildman–Crippen LogP) is 3.62. The average Bonchev–Trinajstić information content (AvgIpc) is 2.76. The van der Waals surface area contributed by atoms with Crippen molar-refractivity contribution in [2.45, 2.75) is 13.3 Å². The first-order valence-corrected chi connectivity index (χ1v) is 7.25. The van der Waals surface area contributed by atoms with Gasteiger partial charge in [0.25, 0.3) is 0 Å². The number of hydrogen-bond donors (Lipinski definition) is 1. The summed E-state index contributed by atoms with van der Waals surface area (Å²) < 4.78 is 10.6. The Morgan fingerprint density at radius 3 is 2.88 bits per heavy atom. The van der Waals surface area contributed by atoms with Gasteiger partial charge in [-0.3, -0.25) is 0 Å². The molecule has 0 amide bonds. The van der Waals surface area contributed by atoms with Crippen molar-refractivity contribution in [2.75, 3.05) is 30.2 Å². The smallest absolute Gasteiger partial charge is 0.231 e.